The molecule has 0 spiro atoms. The average Bonchev–Trinajstić information content (AvgIpc) is 3.12. The van der Waals surface area contributed by atoms with E-state index >= 15 is 0 Å². The Hall–Kier alpha value is -3.80. The lowest BCUT2D eigenvalue weighted by Crippen LogP contribution is -2.30. The summed E-state index contributed by atoms with van der Waals surface area (Å²) < 4.78 is 16.7. The average molecular weight is 417 g/mol. The molecule has 0 fully saturated rings. The van der Waals surface area contributed by atoms with Gasteiger partial charge in [-0.2, -0.15) is 0 Å². The molecule has 31 heavy (non-hydrogen) atoms. The first kappa shape index (κ1) is 20.5. The number of ether oxygens (including phenoxy) is 2. The summed E-state index contributed by atoms with van der Waals surface area (Å²) in [6.07, 6.45) is -0.995. The smallest absolute Gasteiger partial charge is 0.338 e. The Bertz CT molecular complexity index is 1300. The van der Waals surface area contributed by atoms with Crippen molar-refractivity contribution in [3.8, 4) is 5.75 Å². The van der Waals surface area contributed by atoms with Crippen LogP contribution in [-0.4, -0.2) is 25.1 Å². The van der Waals surface area contributed by atoms with Crippen LogP contribution in [0.15, 0.2) is 59.0 Å². The molecule has 6 heteroatoms. The summed E-state index contributed by atoms with van der Waals surface area (Å²) in [5.41, 5.74) is 4.28. The summed E-state index contributed by atoms with van der Waals surface area (Å²) in [5, 5.41) is 4.62. The fourth-order valence-corrected chi connectivity index (χ4v) is 3.40. The molecule has 1 heterocycles. The number of aryl methyl sites for hydroxylation is 2. The van der Waals surface area contributed by atoms with Crippen molar-refractivity contribution in [1.82, 2.24) is 0 Å². The summed E-state index contributed by atoms with van der Waals surface area (Å²) in [6, 6.07) is 16.5. The molecule has 4 aromatic rings. The van der Waals surface area contributed by atoms with Crippen LogP contribution in [0, 0.1) is 13.8 Å². The summed E-state index contributed by atoms with van der Waals surface area (Å²) in [4.78, 5) is 25.1. The molecular formula is C25H23NO5. The number of methoxy groups -OCH3 is 1. The molecule has 0 saturated carbocycles. The van der Waals surface area contributed by atoms with Crippen molar-refractivity contribution in [3.05, 3.63) is 71.3 Å². The molecule has 1 aromatic heterocycles. The Morgan fingerprint density at radius 3 is 2.45 bits per heavy atom. The maximum Gasteiger partial charge on any atom is 0.338 e. The number of rotatable bonds is 5. The SMILES string of the molecule is COc1cc2c(cc1NC(=O)[C@H](C)OC(=O)c1ccc(C)c(C)c1)oc1ccccc12. The Balaban J connectivity index is 1.54. The number of carbonyl (C=O) groups is 2. The first-order valence-corrected chi connectivity index (χ1v) is 9.95. The molecule has 0 unspecified atom stereocenters. The van der Waals surface area contributed by atoms with Gasteiger partial charge in [0.15, 0.2) is 6.10 Å². The molecular weight excluding hydrogens is 394 g/mol. The van der Waals surface area contributed by atoms with Crippen molar-refractivity contribution in [3.63, 3.8) is 0 Å². The number of furan rings is 1. The van der Waals surface area contributed by atoms with Crippen LogP contribution in [0.1, 0.15) is 28.4 Å². The van der Waals surface area contributed by atoms with Crippen LogP contribution in [-0.2, 0) is 9.53 Å². The quantitative estimate of drug-likeness (QED) is 0.440. The van der Waals surface area contributed by atoms with Gasteiger partial charge in [0.05, 0.1) is 18.4 Å². The fraction of sp³-hybridized carbons (Fsp3) is 0.200. The van der Waals surface area contributed by atoms with Crippen LogP contribution in [0.5, 0.6) is 5.75 Å². The van der Waals surface area contributed by atoms with Gasteiger partial charge in [-0.25, -0.2) is 4.79 Å². The molecule has 4 rings (SSSR count). The lowest BCUT2D eigenvalue weighted by molar-refractivity contribution is -0.123. The van der Waals surface area contributed by atoms with Gasteiger partial charge in [-0.05, 0) is 56.2 Å². The van der Waals surface area contributed by atoms with Crippen molar-refractivity contribution in [1.29, 1.82) is 0 Å². The topological polar surface area (TPSA) is 77.8 Å². The van der Waals surface area contributed by atoms with Crippen LogP contribution in [0.4, 0.5) is 5.69 Å². The van der Waals surface area contributed by atoms with Crippen molar-refractivity contribution < 1.29 is 23.5 Å². The molecule has 0 aliphatic carbocycles. The number of nitrogens with one attached hydrogen (secondary N) is 1. The number of para-hydroxylation sites is 1. The predicted octanol–water partition coefficient (Wildman–Crippen LogP) is 5.40. The maximum absolute atomic E-state index is 12.7. The highest BCUT2D eigenvalue weighted by Gasteiger charge is 2.21. The van der Waals surface area contributed by atoms with Crippen molar-refractivity contribution in [2.75, 3.05) is 12.4 Å². The molecule has 3 aromatic carbocycles. The van der Waals surface area contributed by atoms with E-state index in [4.69, 9.17) is 13.9 Å². The van der Waals surface area contributed by atoms with Crippen molar-refractivity contribution in [2.24, 2.45) is 0 Å². The fourth-order valence-electron chi connectivity index (χ4n) is 3.40. The van der Waals surface area contributed by atoms with E-state index < -0.39 is 18.0 Å². The Morgan fingerprint density at radius 1 is 0.935 bits per heavy atom. The van der Waals surface area contributed by atoms with E-state index in [0.717, 1.165) is 27.5 Å². The minimum atomic E-state index is -0.995. The Morgan fingerprint density at radius 2 is 1.71 bits per heavy atom. The summed E-state index contributed by atoms with van der Waals surface area (Å²) in [6.45, 7) is 5.41. The monoisotopic (exact) mass is 417 g/mol. The number of anilines is 1. The van der Waals surface area contributed by atoms with Crippen LogP contribution >= 0.6 is 0 Å². The molecule has 1 atom stereocenters. The van der Waals surface area contributed by atoms with Gasteiger partial charge in [0, 0.05) is 16.8 Å². The third-order valence-electron chi connectivity index (χ3n) is 5.35. The standard InChI is InChI=1S/C25H23NO5/c1-14-9-10-17(11-15(14)2)25(28)30-16(3)24(27)26-20-13-22-19(12-23(20)29-4)18-7-5-6-8-21(18)31-22/h5-13,16H,1-4H3,(H,26,27)/t16-/m0/s1. The highest BCUT2D eigenvalue weighted by atomic mass is 16.5. The molecule has 0 saturated heterocycles. The van der Waals surface area contributed by atoms with E-state index in [2.05, 4.69) is 5.32 Å². The Labute approximate surface area is 179 Å². The molecule has 6 nitrogen and oxygen atoms in total. The van der Waals surface area contributed by atoms with Crippen LogP contribution in [0.2, 0.25) is 0 Å². The number of esters is 1. The zero-order chi connectivity index (χ0) is 22.1. The Kier molecular flexibility index (Phi) is 5.38. The highest BCUT2D eigenvalue weighted by molar-refractivity contribution is 6.08. The minimum Gasteiger partial charge on any atom is -0.495 e. The normalized spacial score (nSPS) is 12.0. The second-order valence-corrected chi connectivity index (χ2v) is 7.48. The van der Waals surface area contributed by atoms with E-state index in [0.29, 0.717) is 22.6 Å². The van der Waals surface area contributed by atoms with E-state index in [1.807, 2.05) is 50.2 Å². The van der Waals surface area contributed by atoms with Gasteiger partial charge in [0.1, 0.15) is 16.9 Å². The van der Waals surface area contributed by atoms with Gasteiger partial charge >= 0.3 is 5.97 Å². The number of carbonyl (C=O) groups excluding carboxylic acids is 2. The third kappa shape index (κ3) is 3.97. The van der Waals surface area contributed by atoms with Gasteiger partial charge in [-0.3, -0.25) is 4.79 Å². The second-order valence-electron chi connectivity index (χ2n) is 7.48. The molecule has 1 amide bonds. The predicted molar refractivity (Wildman–Crippen MR) is 120 cm³/mol. The molecule has 0 aliphatic rings. The van der Waals surface area contributed by atoms with Crippen molar-refractivity contribution in [2.45, 2.75) is 26.9 Å². The van der Waals surface area contributed by atoms with E-state index in [9.17, 15) is 9.59 Å². The minimum absolute atomic E-state index is 0.407. The largest absolute Gasteiger partial charge is 0.495 e. The molecule has 158 valence electrons. The molecule has 0 aliphatic heterocycles. The van der Waals surface area contributed by atoms with E-state index in [1.165, 1.54) is 14.0 Å². The highest BCUT2D eigenvalue weighted by Crippen LogP contribution is 2.36. The molecule has 0 radical (unpaired) electrons. The van der Waals surface area contributed by atoms with Crippen molar-refractivity contribution >= 4 is 39.5 Å². The summed E-state index contributed by atoms with van der Waals surface area (Å²) in [5.74, 6) is -0.531. The summed E-state index contributed by atoms with van der Waals surface area (Å²) in [7, 11) is 1.53. The van der Waals surface area contributed by atoms with E-state index in [-0.39, 0.29) is 0 Å². The van der Waals surface area contributed by atoms with Crippen LogP contribution in [0.25, 0.3) is 21.9 Å². The zero-order valence-corrected chi connectivity index (χ0v) is 17.8. The number of amides is 1. The number of fused-ring (bicyclic) bond motifs is 3. The summed E-state index contributed by atoms with van der Waals surface area (Å²) >= 11 is 0. The third-order valence-corrected chi connectivity index (χ3v) is 5.35. The van der Waals surface area contributed by atoms with Gasteiger partial charge in [0.25, 0.3) is 5.91 Å². The number of benzene rings is 3. The second kappa shape index (κ2) is 8.14. The lowest BCUT2D eigenvalue weighted by atomic mass is 10.1. The van der Waals surface area contributed by atoms with Gasteiger partial charge in [-0.15, -0.1) is 0 Å². The van der Waals surface area contributed by atoms with Gasteiger partial charge in [-0.1, -0.05) is 24.3 Å². The van der Waals surface area contributed by atoms with Crippen LogP contribution < -0.4 is 10.1 Å². The number of hydrogen-bond acceptors (Lipinski definition) is 5. The van der Waals surface area contributed by atoms with Gasteiger partial charge < -0.3 is 19.2 Å². The molecule has 0 bridgehead atoms. The first-order valence-electron chi connectivity index (χ1n) is 9.95. The first-order chi connectivity index (χ1) is 14.9. The van der Waals surface area contributed by atoms with Crippen LogP contribution in [0.3, 0.4) is 0 Å². The number of hydrogen-bond donors (Lipinski definition) is 1. The lowest BCUT2D eigenvalue weighted by Gasteiger charge is -2.15. The molecule has 1 N–H and O–H groups in total. The van der Waals surface area contributed by atoms with E-state index in [1.54, 1.807) is 18.2 Å². The maximum atomic E-state index is 12.7. The van der Waals surface area contributed by atoms with Gasteiger partial charge in [0.2, 0.25) is 0 Å². The zero-order valence-electron chi connectivity index (χ0n) is 17.8.